The minimum absolute atomic E-state index is 0.0600. The van der Waals surface area contributed by atoms with Gasteiger partial charge in [-0.1, -0.05) is 51.8 Å². The molecule has 0 aliphatic rings. The zero-order valence-corrected chi connectivity index (χ0v) is 19.8. The summed E-state index contributed by atoms with van der Waals surface area (Å²) in [6.07, 6.45) is 0.272. The predicted molar refractivity (Wildman–Crippen MR) is 122 cm³/mol. The fourth-order valence-corrected chi connectivity index (χ4v) is 3.59. The van der Waals surface area contributed by atoms with Crippen molar-refractivity contribution in [3.8, 4) is 0 Å². The normalized spacial score (nSPS) is 12.4. The second-order valence-electron chi connectivity index (χ2n) is 8.67. The van der Waals surface area contributed by atoms with E-state index in [1.54, 1.807) is 11.8 Å². The minimum Gasteiger partial charge on any atom is -0.350 e. The van der Waals surface area contributed by atoms with Gasteiger partial charge in [-0.3, -0.25) is 9.59 Å². The van der Waals surface area contributed by atoms with Gasteiger partial charge >= 0.3 is 0 Å². The number of hydrogen-bond donors (Lipinski definition) is 1. The van der Waals surface area contributed by atoms with E-state index in [0.29, 0.717) is 6.54 Å². The first-order chi connectivity index (χ1) is 13.5. The van der Waals surface area contributed by atoms with Crippen LogP contribution < -0.4 is 5.32 Å². The Kier molecular flexibility index (Phi) is 7.64. The highest BCUT2D eigenvalue weighted by molar-refractivity contribution is 9.10. The molecule has 2 amide bonds. The average molecular weight is 459 g/mol. The fourth-order valence-electron chi connectivity index (χ4n) is 3.14. The average Bonchev–Trinajstić information content (AvgIpc) is 2.60. The van der Waals surface area contributed by atoms with Gasteiger partial charge in [-0.05, 0) is 70.4 Å². The van der Waals surface area contributed by atoms with Gasteiger partial charge in [0.1, 0.15) is 6.04 Å². The van der Waals surface area contributed by atoms with E-state index < -0.39 is 6.04 Å². The van der Waals surface area contributed by atoms with E-state index in [2.05, 4.69) is 21.2 Å². The Balaban J connectivity index is 2.30. The maximum atomic E-state index is 13.3. The molecule has 0 radical (unpaired) electrons. The third kappa shape index (κ3) is 7.00. The highest BCUT2D eigenvalue weighted by Gasteiger charge is 2.28. The Hall–Kier alpha value is -2.14. The van der Waals surface area contributed by atoms with Crippen LogP contribution in [-0.2, 0) is 22.6 Å². The zero-order chi connectivity index (χ0) is 21.8. The summed E-state index contributed by atoms with van der Waals surface area (Å²) in [5.41, 5.74) is 3.82. The van der Waals surface area contributed by atoms with Gasteiger partial charge < -0.3 is 10.2 Å². The molecule has 0 unspecified atom stereocenters. The van der Waals surface area contributed by atoms with E-state index in [9.17, 15) is 9.59 Å². The molecule has 2 rings (SSSR count). The van der Waals surface area contributed by atoms with Crippen molar-refractivity contribution in [3.63, 3.8) is 0 Å². The number of rotatable bonds is 6. The number of hydrogen-bond acceptors (Lipinski definition) is 2. The van der Waals surface area contributed by atoms with E-state index in [0.717, 1.165) is 26.7 Å². The van der Waals surface area contributed by atoms with Gasteiger partial charge in [-0.2, -0.15) is 0 Å². The molecule has 0 aliphatic heterocycles. The lowest BCUT2D eigenvalue weighted by Crippen LogP contribution is -2.52. The zero-order valence-electron chi connectivity index (χ0n) is 18.2. The molecular formula is C24H31BrN2O2. The van der Waals surface area contributed by atoms with E-state index in [1.165, 1.54) is 0 Å². The molecule has 0 saturated heterocycles. The van der Waals surface area contributed by atoms with E-state index in [1.807, 2.05) is 77.1 Å². The van der Waals surface area contributed by atoms with Crippen LogP contribution in [-0.4, -0.2) is 28.3 Å². The molecule has 0 fully saturated rings. The molecule has 0 heterocycles. The Morgan fingerprint density at radius 3 is 2.41 bits per heavy atom. The molecule has 5 heteroatoms. The van der Waals surface area contributed by atoms with Crippen LogP contribution in [0.4, 0.5) is 0 Å². The lowest BCUT2D eigenvalue weighted by Gasteiger charge is -2.31. The second kappa shape index (κ2) is 9.57. The van der Waals surface area contributed by atoms with Crippen molar-refractivity contribution in [2.75, 3.05) is 0 Å². The first-order valence-corrected chi connectivity index (χ1v) is 10.7. The van der Waals surface area contributed by atoms with E-state index in [-0.39, 0.29) is 23.8 Å². The SMILES string of the molecule is Cc1ccc(C)c(CC(=O)N(Cc2cccc(Br)c2)[C@@H](C)C(=O)NC(C)(C)C)c1. The summed E-state index contributed by atoms with van der Waals surface area (Å²) in [7, 11) is 0. The topological polar surface area (TPSA) is 49.4 Å². The monoisotopic (exact) mass is 458 g/mol. The standard InChI is InChI=1S/C24H31BrN2O2/c1-16-10-11-17(2)20(12-16)14-22(28)27(15-19-8-7-9-21(25)13-19)18(3)23(29)26-24(4,5)6/h7-13,18H,14-15H2,1-6H3,(H,26,29)/t18-/m0/s1. The summed E-state index contributed by atoms with van der Waals surface area (Å²) in [5.74, 6) is -0.211. The molecule has 0 aliphatic carbocycles. The number of halogens is 1. The fraction of sp³-hybridized carbons (Fsp3) is 0.417. The first kappa shape index (κ1) is 23.1. The van der Waals surface area contributed by atoms with Gasteiger partial charge in [0.15, 0.2) is 0 Å². The molecule has 2 aromatic rings. The molecule has 1 N–H and O–H groups in total. The molecule has 156 valence electrons. The van der Waals surface area contributed by atoms with Gasteiger partial charge in [-0.25, -0.2) is 0 Å². The molecule has 0 spiro atoms. The molecule has 29 heavy (non-hydrogen) atoms. The number of aryl methyl sites for hydroxylation is 2. The van der Waals surface area contributed by atoms with Crippen LogP contribution in [0.1, 0.15) is 49.9 Å². The van der Waals surface area contributed by atoms with Crippen LogP contribution >= 0.6 is 15.9 Å². The quantitative estimate of drug-likeness (QED) is 0.665. The molecule has 0 bridgehead atoms. The lowest BCUT2D eigenvalue weighted by atomic mass is 10.0. The summed E-state index contributed by atoms with van der Waals surface area (Å²) in [4.78, 5) is 27.8. The third-order valence-electron chi connectivity index (χ3n) is 4.75. The van der Waals surface area contributed by atoms with Crippen LogP contribution in [0.3, 0.4) is 0 Å². The van der Waals surface area contributed by atoms with Crippen molar-refractivity contribution < 1.29 is 9.59 Å². The predicted octanol–water partition coefficient (Wildman–Crippen LogP) is 4.94. The largest absolute Gasteiger partial charge is 0.350 e. The van der Waals surface area contributed by atoms with E-state index >= 15 is 0 Å². The first-order valence-electron chi connectivity index (χ1n) is 9.88. The Bertz CT molecular complexity index is 887. The van der Waals surface area contributed by atoms with Gasteiger partial charge in [-0.15, -0.1) is 0 Å². The number of nitrogens with one attached hydrogen (secondary N) is 1. The molecule has 2 aromatic carbocycles. The molecule has 1 atom stereocenters. The van der Waals surface area contributed by atoms with Crippen LogP contribution in [0.5, 0.6) is 0 Å². The molecule has 0 saturated carbocycles. The highest BCUT2D eigenvalue weighted by atomic mass is 79.9. The summed E-state index contributed by atoms with van der Waals surface area (Å²) in [6, 6.07) is 13.4. The summed E-state index contributed by atoms with van der Waals surface area (Å²) in [5, 5.41) is 2.99. The van der Waals surface area contributed by atoms with Gasteiger partial charge in [0, 0.05) is 16.6 Å². The van der Waals surface area contributed by atoms with Crippen LogP contribution in [0.15, 0.2) is 46.9 Å². The third-order valence-corrected chi connectivity index (χ3v) is 5.25. The number of carbonyl (C=O) groups excluding carboxylic acids is 2. The van der Waals surface area contributed by atoms with Crippen molar-refractivity contribution in [2.45, 2.75) is 66.1 Å². The maximum Gasteiger partial charge on any atom is 0.242 e. The lowest BCUT2D eigenvalue weighted by molar-refractivity contribution is -0.140. The number of benzene rings is 2. The van der Waals surface area contributed by atoms with Crippen LogP contribution in [0, 0.1) is 13.8 Å². The summed E-state index contributed by atoms with van der Waals surface area (Å²) >= 11 is 3.48. The summed E-state index contributed by atoms with van der Waals surface area (Å²) in [6.45, 7) is 12.0. The highest BCUT2D eigenvalue weighted by Crippen LogP contribution is 2.18. The Morgan fingerprint density at radius 1 is 1.10 bits per heavy atom. The second-order valence-corrected chi connectivity index (χ2v) is 9.59. The number of carbonyl (C=O) groups is 2. The van der Waals surface area contributed by atoms with Crippen LogP contribution in [0.25, 0.3) is 0 Å². The van der Waals surface area contributed by atoms with Gasteiger partial charge in [0.2, 0.25) is 11.8 Å². The smallest absolute Gasteiger partial charge is 0.242 e. The van der Waals surface area contributed by atoms with Crippen molar-refractivity contribution >= 4 is 27.7 Å². The molecule has 0 aromatic heterocycles. The van der Waals surface area contributed by atoms with Crippen molar-refractivity contribution in [1.29, 1.82) is 0 Å². The van der Waals surface area contributed by atoms with Gasteiger partial charge in [0.05, 0.1) is 6.42 Å². The van der Waals surface area contributed by atoms with Crippen LogP contribution in [0.2, 0.25) is 0 Å². The van der Waals surface area contributed by atoms with Gasteiger partial charge in [0.25, 0.3) is 0 Å². The van der Waals surface area contributed by atoms with Crippen molar-refractivity contribution in [2.24, 2.45) is 0 Å². The molecule has 4 nitrogen and oxygen atoms in total. The Morgan fingerprint density at radius 2 is 1.79 bits per heavy atom. The Labute approximate surface area is 182 Å². The number of nitrogens with zero attached hydrogens (tertiary/aromatic N) is 1. The number of amides is 2. The van der Waals surface area contributed by atoms with Crippen molar-refractivity contribution in [3.05, 3.63) is 69.2 Å². The van der Waals surface area contributed by atoms with E-state index in [4.69, 9.17) is 0 Å². The van der Waals surface area contributed by atoms with Crippen molar-refractivity contribution in [1.82, 2.24) is 10.2 Å². The summed E-state index contributed by atoms with van der Waals surface area (Å²) < 4.78 is 0.948. The minimum atomic E-state index is -0.578. The maximum absolute atomic E-state index is 13.3. The molecular weight excluding hydrogens is 428 g/mol.